The van der Waals surface area contributed by atoms with Crippen LogP contribution in [-0.2, 0) is 6.54 Å². The first-order valence-electron chi connectivity index (χ1n) is 9.18. The number of hydrogen-bond acceptors (Lipinski definition) is 6. The van der Waals surface area contributed by atoms with Crippen LogP contribution in [-0.4, -0.2) is 28.8 Å². The molecule has 0 aliphatic carbocycles. The molecule has 2 aromatic carbocycles. The normalized spacial score (nSPS) is 13.1. The van der Waals surface area contributed by atoms with E-state index in [-0.39, 0.29) is 17.5 Å². The molecule has 1 unspecified atom stereocenters. The number of methoxy groups -OCH3 is 1. The molecule has 0 bridgehead atoms. The Morgan fingerprint density at radius 1 is 1.24 bits per heavy atom. The smallest absolute Gasteiger partial charge is 0.274 e. The van der Waals surface area contributed by atoms with Crippen molar-refractivity contribution in [2.75, 3.05) is 13.7 Å². The molecule has 0 aliphatic heterocycles. The third-order valence-electron chi connectivity index (χ3n) is 4.85. The van der Waals surface area contributed by atoms with Crippen molar-refractivity contribution < 1.29 is 23.4 Å². The molecule has 0 amide bonds. The number of benzene rings is 2. The van der Waals surface area contributed by atoms with Crippen LogP contribution in [0.2, 0.25) is 0 Å². The molecule has 0 saturated carbocycles. The highest BCUT2D eigenvalue weighted by molar-refractivity contribution is 5.55. The zero-order valence-electron chi connectivity index (χ0n) is 16.4. The molecule has 3 rings (SSSR count). The number of quaternary nitrogens is 1. The van der Waals surface area contributed by atoms with Gasteiger partial charge < -0.3 is 14.1 Å². The molecule has 29 heavy (non-hydrogen) atoms. The molecule has 3 aromatic rings. The molecule has 0 spiro atoms. The zero-order valence-corrected chi connectivity index (χ0v) is 16.4. The van der Waals surface area contributed by atoms with Gasteiger partial charge in [-0.1, -0.05) is 0 Å². The van der Waals surface area contributed by atoms with Crippen molar-refractivity contribution in [3.05, 3.63) is 69.9 Å². The predicted molar refractivity (Wildman–Crippen MR) is 103 cm³/mol. The third kappa shape index (κ3) is 4.57. The van der Waals surface area contributed by atoms with Gasteiger partial charge in [-0.05, 0) is 44.2 Å². The topological polar surface area (TPSA) is 95.7 Å². The first-order valence-corrected chi connectivity index (χ1v) is 9.18. The second kappa shape index (κ2) is 8.78. The lowest BCUT2D eigenvalue weighted by Gasteiger charge is -2.22. The summed E-state index contributed by atoms with van der Waals surface area (Å²) in [6, 6.07) is 10.7. The van der Waals surface area contributed by atoms with E-state index in [0.29, 0.717) is 23.9 Å². The number of hydrogen-bond donors (Lipinski definition) is 1. The van der Waals surface area contributed by atoms with Crippen LogP contribution in [0.4, 0.5) is 10.1 Å². The van der Waals surface area contributed by atoms with Crippen LogP contribution in [0, 0.1) is 15.9 Å². The van der Waals surface area contributed by atoms with Crippen LogP contribution < -0.4 is 9.64 Å². The maximum absolute atomic E-state index is 14.0. The summed E-state index contributed by atoms with van der Waals surface area (Å²) in [5.74, 6) is 0.563. The van der Waals surface area contributed by atoms with E-state index in [1.807, 2.05) is 19.9 Å². The van der Waals surface area contributed by atoms with Gasteiger partial charge in [0.2, 0.25) is 5.89 Å². The molecule has 1 aromatic heterocycles. The van der Waals surface area contributed by atoms with Crippen LogP contribution in [0.5, 0.6) is 5.75 Å². The third-order valence-corrected chi connectivity index (χ3v) is 4.85. The van der Waals surface area contributed by atoms with Crippen molar-refractivity contribution in [2.45, 2.75) is 26.4 Å². The summed E-state index contributed by atoms with van der Waals surface area (Å²) in [6.07, 6.45) is 0. The summed E-state index contributed by atoms with van der Waals surface area (Å²) in [4.78, 5) is 11.4. The fourth-order valence-electron chi connectivity index (χ4n) is 3.09. The summed E-state index contributed by atoms with van der Waals surface area (Å²) in [5.41, 5.74) is 1.44. The number of ether oxygens (including phenoxy) is 1. The number of halogens is 1. The molecule has 0 radical (unpaired) electrons. The highest BCUT2D eigenvalue weighted by Crippen LogP contribution is 2.23. The van der Waals surface area contributed by atoms with Gasteiger partial charge in [0, 0.05) is 23.3 Å². The first kappa shape index (κ1) is 20.4. The van der Waals surface area contributed by atoms with E-state index in [4.69, 9.17) is 9.15 Å². The molecule has 0 saturated heterocycles. The Bertz CT molecular complexity index is 990. The predicted octanol–water partition coefficient (Wildman–Crippen LogP) is 2.96. The molecule has 2 atom stereocenters. The van der Waals surface area contributed by atoms with Gasteiger partial charge >= 0.3 is 0 Å². The number of nitrogens with zero attached hydrogens (tertiary/aromatic N) is 3. The Morgan fingerprint density at radius 2 is 1.97 bits per heavy atom. The highest BCUT2D eigenvalue weighted by atomic mass is 19.1. The van der Waals surface area contributed by atoms with E-state index >= 15 is 0 Å². The Hall–Kier alpha value is -3.33. The number of rotatable bonds is 8. The average molecular weight is 401 g/mol. The minimum absolute atomic E-state index is 0.00446. The van der Waals surface area contributed by atoms with Crippen LogP contribution in [0.15, 0.2) is 46.9 Å². The Kier molecular flexibility index (Phi) is 6.18. The number of nitrogens with one attached hydrogen (secondary N) is 1. The van der Waals surface area contributed by atoms with Crippen LogP contribution >= 0.6 is 0 Å². The number of nitro benzene ring substituents is 1. The van der Waals surface area contributed by atoms with Crippen molar-refractivity contribution in [2.24, 2.45) is 0 Å². The van der Waals surface area contributed by atoms with Crippen molar-refractivity contribution in [3.63, 3.8) is 0 Å². The average Bonchev–Trinajstić information content (AvgIpc) is 3.22. The van der Waals surface area contributed by atoms with Gasteiger partial charge in [-0.3, -0.25) is 10.1 Å². The van der Waals surface area contributed by atoms with Gasteiger partial charge in [0.25, 0.3) is 11.6 Å². The summed E-state index contributed by atoms with van der Waals surface area (Å²) < 4.78 is 24.7. The molecule has 1 heterocycles. The van der Waals surface area contributed by atoms with E-state index in [1.165, 1.54) is 25.3 Å². The van der Waals surface area contributed by atoms with Crippen LogP contribution in [0.1, 0.15) is 31.3 Å². The maximum atomic E-state index is 14.0. The summed E-state index contributed by atoms with van der Waals surface area (Å²) in [5, 5.41) is 19.0. The lowest BCUT2D eigenvalue weighted by atomic mass is 10.1. The van der Waals surface area contributed by atoms with E-state index in [0.717, 1.165) is 17.0 Å². The summed E-state index contributed by atoms with van der Waals surface area (Å²) >= 11 is 0. The van der Waals surface area contributed by atoms with Crippen molar-refractivity contribution in [1.29, 1.82) is 0 Å². The van der Waals surface area contributed by atoms with E-state index in [2.05, 4.69) is 10.2 Å². The molecule has 152 valence electrons. The number of non-ortho nitro benzene ring substituents is 1. The number of aromatic nitrogens is 2. The van der Waals surface area contributed by atoms with Crippen molar-refractivity contribution in [3.8, 4) is 17.2 Å². The van der Waals surface area contributed by atoms with Crippen molar-refractivity contribution >= 4 is 5.69 Å². The van der Waals surface area contributed by atoms with Crippen LogP contribution in [0.25, 0.3) is 11.5 Å². The largest absolute Gasteiger partial charge is 0.494 e. The van der Waals surface area contributed by atoms with Gasteiger partial charge in [0.15, 0.2) is 17.6 Å². The molecule has 8 nitrogen and oxygen atoms in total. The van der Waals surface area contributed by atoms with Gasteiger partial charge in [-0.15, -0.1) is 10.2 Å². The molecule has 9 heteroatoms. The van der Waals surface area contributed by atoms with E-state index < -0.39 is 10.7 Å². The number of nitro groups is 1. The lowest BCUT2D eigenvalue weighted by molar-refractivity contribution is -0.942. The fourth-order valence-corrected chi connectivity index (χ4v) is 3.09. The standard InChI is InChI=1S/C20H21FN4O4/c1-4-24(12-14-5-10-18(28-3)17(21)11-14)13(2)19-22-23-20(29-19)15-6-8-16(9-7-15)25(26)27/h5-11,13H,4,12H2,1-3H3/p+1/t13-/m1/s1. The Labute approximate surface area is 167 Å². The van der Waals surface area contributed by atoms with Crippen LogP contribution in [0.3, 0.4) is 0 Å². The van der Waals surface area contributed by atoms with Crippen molar-refractivity contribution in [1.82, 2.24) is 10.2 Å². The molecule has 1 N–H and O–H groups in total. The SMILES string of the molecule is CC[NH+](Cc1ccc(OC)c(F)c1)[C@H](C)c1nnc(-c2ccc([N+](=O)[O-])cc2)o1. The summed E-state index contributed by atoms with van der Waals surface area (Å²) in [7, 11) is 1.43. The summed E-state index contributed by atoms with van der Waals surface area (Å²) in [6.45, 7) is 5.34. The van der Waals surface area contributed by atoms with Gasteiger partial charge in [-0.2, -0.15) is 0 Å². The minimum atomic E-state index is -0.463. The molecule has 0 fully saturated rings. The maximum Gasteiger partial charge on any atom is 0.274 e. The van der Waals surface area contributed by atoms with E-state index in [1.54, 1.807) is 18.2 Å². The van der Waals surface area contributed by atoms with Gasteiger partial charge in [0.1, 0.15) is 6.54 Å². The minimum Gasteiger partial charge on any atom is -0.494 e. The lowest BCUT2D eigenvalue weighted by Crippen LogP contribution is -3.10. The quantitative estimate of drug-likeness (QED) is 0.461. The molecule has 0 aliphatic rings. The second-order valence-corrected chi connectivity index (χ2v) is 6.63. The van der Waals surface area contributed by atoms with Gasteiger partial charge in [-0.25, -0.2) is 4.39 Å². The van der Waals surface area contributed by atoms with E-state index in [9.17, 15) is 14.5 Å². The monoisotopic (exact) mass is 401 g/mol. The fraction of sp³-hybridized carbons (Fsp3) is 0.300. The first-order chi connectivity index (χ1) is 13.9. The Balaban J connectivity index is 1.75. The zero-order chi connectivity index (χ0) is 21.0. The van der Waals surface area contributed by atoms with Gasteiger partial charge in [0.05, 0.1) is 18.6 Å². The highest BCUT2D eigenvalue weighted by Gasteiger charge is 2.25. The molecular weight excluding hydrogens is 379 g/mol. The Morgan fingerprint density at radius 3 is 2.55 bits per heavy atom. The second-order valence-electron chi connectivity index (χ2n) is 6.63. The molecular formula is C20H22FN4O4+.